The van der Waals surface area contributed by atoms with Crippen LogP contribution in [-0.4, -0.2) is 103 Å². The molecule has 0 saturated heterocycles. The molecule has 4 heterocycles. The highest BCUT2D eigenvalue weighted by Gasteiger charge is 2.32. The number of hydrogen-bond donors (Lipinski definition) is 2. The summed E-state index contributed by atoms with van der Waals surface area (Å²) in [6, 6.07) is 29.9. The first-order chi connectivity index (χ1) is 38.4. The Morgan fingerprint density at radius 3 is 1.22 bits per heavy atom. The molecule has 2 aliphatic heterocycles. The summed E-state index contributed by atoms with van der Waals surface area (Å²) < 4.78 is 21.9. The van der Waals surface area contributed by atoms with Crippen molar-refractivity contribution in [1.82, 2.24) is 40.2 Å². The second-order valence-electron chi connectivity index (χ2n) is 22.8. The molecule has 17 heteroatoms. The van der Waals surface area contributed by atoms with Gasteiger partial charge in [-0.3, -0.25) is 28.7 Å². The molecule has 0 unspecified atom stereocenters. The maximum atomic E-state index is 9.93. The van der Waals surface area contributed by atoms with E-state index in [4.69, 9.17) is 24.2 Å². The van der Waals surface area contributed by atoms with Gasteiger partial charge in [0.1, 0.15) is 36.2 Å². The van der Waals surface area contributed by atoms with Crippen LogP contribution >= 0.6 is 23.5 Å². The Hall–Kier alpha value is -6.30. The number of nitrogens with zero attached hydrogens (tertiary/aromatic N) is 8. The Morgan fingerprint density at radius 2 is 0.914 bits per heavy atom. The van der Waals surface area contributed by atoms with Crippen molar-refractivity contribution in [2.24, 2.45) is 20.8 Å². The first-order valence-corrected chi connectivity index (χ1v) is 29.9. The number of carbonyl (C=O) groups is 2. The van der Waals surface area contributed by atoms with Crippen LogP contribution in [0, 0.1) is 24.7 Å². The smallest absolute Gasteiger partial charge is 0.216 e. The molecule has 2 N–H and O–H groups in total. The molecular formula is C64H90N10O5S2. The van der Waals surface area contributed by atoms with Crippen LogP contribution in [0.2, 0.25) is 0 Å². The van der Waals surface area contributed by atoms with E-state index in [1.165, 1.54) is 23.6 Å². The van der Waals surface area contributed by atoms with Crippen LogP contribution in [0.25, 0.3) is 11.4 Å². The highest BCUT2D eigenvalue weighted by Crippen LogP contribution is 2.45. The van der Waals surface area contributed by atoms with E-state index in [0.29, 0.717) is 13.1 Å². The molecule has 0 radical (unpaired) electrons. The van der Waals surface area contributed by atoms with Crippen molar-refractivity contribution in [2.75, 3.05) is 40.5 Å². The van der Waals surface area contributed by atoms with Crippen LogP contribution in [0.3, 0.4) is 0 Å². The lowest BCUT2D eigenvalue weighted by Crippen LogP contribution is -2.28. The van der Waals surface area contributed by atoms with Crippen LogP contribution in [0.15, 0.2) is 105 Å². The molecule has 2 amide bonds. The van der Waals surface area contributed by atoms with Crippen LogP contribution < -0.4 is 20.1 Å². The van der Waals surface area contributed by atoms with Crippen LogP contribution in [0.1, 0.15) is 168 Å². The molecule has 8 rings (SSSR count). The Balaban J connectivity index is 0.000000769. The van der Waals surface area contributed by atoms with Crippen LogP contribution in [0.5, 0.6) is 11.5 Å². The van der Waals surface area contributed by atoms with Crippen LogP contribution in [-0.2, 0) is 27.4 Å². The zero-order chi connectivity index (χ0) is 59.7. The third-order valence-corrected chi connectivity index (χ3v) is 15.9. The van der Waals surface area contributed by atoms with Crippen molar-refractivity contribution in [3.8, 4) is 22.9 Å². The van der Waals surface area contributed by atoms with Gasteiger partial charge in [-0.1, -0.05) is 93.5 Å². The Kier molecular flexibility index (Phi) is 23.9. The lowest BCUT2D eigenvalue weighted by atomic mass is 9.80. The van der Waals surface area contributed by atoms with Gasteiger partial charge in [-0.2, -0.15) is 0 Å². The van der Waals surface area contributed by atoms with E-state index in [9.17, 15) is 9.59 Å². The van der Waals surface area contributed by atoms with Gasteiger partial charge >= 0.3 is 0 Å². The highest BCUT2D eigenvalue weighted by atomic mass is 32.2. The van der Waals surface area contributed by atoms with Crippen molar-refractivity contribution in [3.05, 3.63) is 130 Å². The molecule has 0 fully saturated rings. The predicted molar refractivity (Wildman–Crippen MR) is 334 cm³/mol. The molecule has 0 atom stereocenters. The summed E-state index contributed by atoms with van der Waals surface area (Å²) >= 11 is 3.87. The van der Waals surface area contributed by atoms with E-state index in [-0.39, 0.29) is 32.1 Å². The van der Waals surface area contributed by atoms with Gasteiger partial charge in [-0.05, 0) is 125 Å². The number of aliphatic imine (C=N–C) groups is 2. The lowest BCUT2D eigenvalue weighted by molar-refractivity contribution is -0.119. The molecule has 2 aliphatic rings. The Bertz CT molecular complexity index is 2880. The number of benzene rings is 4. The number of rotatable bonds is 20. The fourth-order valence-corrected chi connectivity index (χ4v) is 13.3. The molecule has 2 aromatic heterocycles. The maximum absolute atomic E-state index is 9.93. The monoisotopic (exact) mass is 1140 g/mol. The number of aromatic nitrogens is 6. The third kappa shape index (κ3) is 18.9. The zero-order valence-electron chi connectivity index (χ0n) is 51.6. The van der Waals surface area contributed by atoms with Gasteiger partial charge in [0.2, 0.25) is 11.8 Å². The van der Waals surface area contributed by atoms with E-state index in [1.54, 1.807) is 14.2 Å². The second-order valence-corrected chi connectivity index (χ2v) is 26.4. The summed E-state index contributed by atoms with van der Waals surface area (Å²) in [5, 5.41) is 22.6. The van der Waals surface area contributed by atoms with E-state index in [1.807, 2.05) is 77.2 Å². The van der Waals surface area contributed by atoms with Crippen molar-refractivity contribution < 1.29 is 23.8 Å². The number of ether oxygens (including phenoxy) is 3. The van der Waals surface area contributed by atoms with E-state index < -0.39 is 0 Å². The average molecular weight is 1140 g/mol. The number of hydrogen-bond acceptors (Lipinski definition) is 13. The summed E-state index contributed by atoms with van der Waals surface area (Å²) in [6.07, 6.45) is 4.14. The maximum Gasteiger partial charge on any atom is 0.216 e. The number of aryl methyl sites for hydroxylation is 2. The average Bonchev–Trinajstić information content (AvgIpc) is 4.13. The summed E-state index contributed by atoms with van der Waals surface area (Å²) in [5.74, 6) is 5.01. The molecule has 6 aromatic rings. The second kappa shape index (κ2) is 29.6. The third-order valence-electron chi connectivity index (χ3n) is 13.5. The minimum Gasteiger partial charge on any atom is -0.497 e. The first kappa shape index (κ1) is 65.5. The van der Waals surface area contributed by atoms with Gasteiger partial charge in [-0.25, -0.2) is 0 Å². The van der Waals surface area contributed by atoms with Crippen molar-refractivity contribution in [3.63, 3.8) is 0 Å². The number of amides is 2. The largest absolute Gasteiger partial charge is 0.497 e. The number of fused-ring (bicyclic) bond motifs is 6. The molecule has 4 aromatic carbocycles. The molecule has 0 spiro atoms. The first-order valence-electron chi connectivity index (χ1n) is 28.3. The fourth-order valence-electron chi connectivity index (χ4n) is 10.5. The summed E-state index contributed by atoms with van der Waals surface area (Å²) in [6.45, 7) is 37.6. The molecule has 0 aliphatic carbocycles. The van der Waals surface area contributed by atoms with Gasteiger partial charge in [0.15, 0.2) is 11.6 Å². The van der Waals surface area contributed by atoms with Crippen molar-refractivity contribution >= 4 is 46.8 Å². The van der Waals surface area contributed by atoms with Gasteiger partial charge in [0, 0.05) is 81.7 Å². The topological polar surface area (TPSA) is 172 Å². The summed E-state index contributed by atoms with van der Waals surface area (Å²) in [4.78, 5) is 32.4. The Labute approximate surface area is 491 Å². The molecular weight excluding hydrogens is 1050 g/mol. The molecule has 15 nitrogen and oxygen atoms in total. The quantitative estimate of drug-likeness (QED) is 0.0550. The molecule has 0 bridgehead atoms. The standard InChI is InChI=1S/C54H66N8O3S2.2C4H9NO.C2H6/c1-35-57-59-47-31-55-49(43-29-39(63-11)17-23-45(43)61(35)47)37-13-19-41(20-14-37)66-53(7,8)33-51(3,4)25-27-65-28-26-52(5,6)34-54(9,10)67-42-21-15-38(16-22-42)50-44-30-40(64-12)18-24-46(44)62-36(2)58-60-48(62)32-56-50;2*1-3-5-4(2)6;1-2/h13-24,29-30H,25-28,31-34H2,1-12H3;2*3H2,1-2H3,(H,5,6);1-2H3. The van der Waals surface area contributed by atoms with Gasteiger partial charge in [0.05, 0.1) is 37.0 Å². The molecule has 81 heavy (non-hydrogen) atoms. The van der Waals surface area contributed by atoms with Gasteiger partial charge in [-0.15, -0.1) is 43.9 Å². The molecule has 438 valence electrons. The van der Waals surface area contributed by atoms with Crippen molar-refractivity contribution in [1.29, 1.82) is 0 Å². The van der Waals surface area contributed by atoms with Crippen molar-refractivity contribution in [2.45, 2.75) is 169 Å². The minimum absolute atomic E-state index is 0.0290. The number of nitrogens with one attached hydrogen (secondary N) is 2. The fraction of sp³-hybridized carbons (Fsp3) is 0.500. The lowest BCUT2D eigenvalue weighted by Gasteiger charge is -2.35. The van der Waals surface area contributed by atoms with E-state index in [0.717, 1.165) is 132 Å². The number of carbonyl (C=O) groups excluding carboxylic acids is 2. The Morgan fingerprint density at radius 1 is 0.556 bits per heavy atom. The number of methoxy groups -OCH3 is 2. The summed E-state index contributed by atoms with van der Waals surface area (Å²) in [5.41, 5.74) is 8.29. The molecule has 0 saturated carbocycles. The SMILES string of the molecule is CC.CCNC(C)=O.CCNC(C)=O.COc1ccc2c(c1)C(c1ccc(SC(C)(C)CC(C)(C)CCOCCC(C)(C)CC(C)(C)Sc3ccc(C4=NCc5nnc(C)n5-c5ccc(OC)cc54)cc3)cc1)=NCc1nnc(C)n1-2. The van der Waals surface area contributed by atoms with E-state index >= 15 is 0 Å². The van der Waals surface area contributed by atoms with Crippen LogP contribution in [0.4, 0.5) is 0 Å². The normalized spacial score (nSPS) is 12.8. The minimum atomic E-state index is 0.0290. The summed E-state index contributed by atoms with van der Waals surface area (Å²) in [7, 11) is 3.39. The van der Waals surface area contributed by atoms with E-state index in [2.05, 4.69) is 168 Å². The van der Waals surface area contributed by atoms with Gasteiger partial charge < -0.3 is 24.8 Å². The van der Waals surface area contributed by atoms with Gasteiger partial charge in [0.25, 0.3) is 0 Å². The zero-order valence-corrected chi connectivity index (χ0v) is 53.2. The number of thioether (sulfide) groups is 2. The highest BCUT2D eigenvalue weighted by molar-refractivity contribution is 8.00. The predicted octanol–water partition coefficient (Wildman–Crippen LogP) is 13.6.